The summed E-state index contributed by atoms with van der Waals surface area (Å²) < 4.78 is 1.84. The largest absolute Gasteiger partial charge is 0.325 e. The van der Waals surface area contributed by atoms with E-state index in [-0.39, 0.29) is 17.2 Å². The number of hydrogen-bond donors (Lipinski definition) is 2. The minimum Gasteiger partial charge on any atom is -0.325 e. The smallest absolute Gasteiger partial charge is 0.278 e. The minimum atomic E-state index is -0.277. The first-order valence-corrected chi connectivity index (χ1v) is 9.07. The number of aromatic nitrogens is 4. The van der Waals surface area contributed by atoms with Crippen LogP contribution in [0.5, 0.6) is 0 Å². The molecule has 0 aliphatic carbocycles. The van der Waals surface area contributed by atoms with Crippen LogP contribution in [-0.4, -0.2) is 31.2 Å². The lowest BCUT2D eigenvalue weighted by Gasteiger charge is -2.09. The molecular weight excluding hydrogens is 338 g/mol. The number of benzene rings is 1. The molecular formula is C17H19N5O2S. The standard InChI is InChI=1S/C17H19N5O2S/c1-3-11-7-5-6-8-12(11)20-13(23)9-25-17-21-14-15(22(17)4-2)18-10-19-16(14)24/h5-8,10H,3-4,9H2,1-2H3,(H,20,23)(H,18,19,24). The van der Waals surface area contributed by atoms with E-state index in [0.717, 1.165) is 17.7 Å². The van der Waals surface area contributed by atoms with E-state index in [9.17, 15) is 9.59 Å². The average Bonchev–Trinajstić information content (AvgIpc) is 2.99. The molecule has 0 radical (unpaired) electrons. The van der Waals surface area contributed by atoms with Crippen LogP contribution in [0.15, 0.2) is 40.5 Å². The predicted molar refractivity (Wildman–Crippen MR) is 99.0 cm³/mol. The van der Waals surface area contributed by atoms with E-state index in [2.05, 4.69) is 20.3 Å². The maximum Gasteiger partial charge on any atom is 0.278 e. The molecule has 0 saturated carbocycles. The number of amides is 1. The van der Waals surface area contributed by atoms with Gasteiger partial charge in [-0.1, -0.05) is 36.9 Å². The van der Waals surface area contributed by atoms with Gasteiger partial charge in [0, 0.05) is 12.2 Å². The molecule has 2 N–H and O–H groups in total. The van der Waals surface area contributed by atoms with Crippen LogP contribution < -0.4 is 10.9 Å². The molecule has 3 rings (SSSR count). The number of carbonyl (C=O) groups excluding carboxylic acids is 1. The number of rotatable bonds is 6. The number of anilines is 1. The summed E-state index contributed by atoms with van der Waals surface area (Å²) >= 11 is 1.29. The lowest BCUT2D eigenvalue weighted by molar-refractivity contribution is -0.113. The first-order chi connectivity index (χ1) is 12.1. The molecule has 3 aromatic rings. The molecule has 25 heavy (non-hydrogen) atoms. The highest BCUT2D eigenvalue weighted by molar-refractivity contribution is 7.99. The van der Waals surface area contributed by atoms with Gasteiger partial charge in [0.15, 0.2) is 16.3 Å². The molecule has 0 aliphatic rings. The average molecular weight is 357 g/mol. The molecule has 0 atom stereocenters. The number of hydrogen-bond acceptors (Lipinski definition) is 5. The summed E-state index contributed by atoms with van der Waals surface area (Å²) in [6, 6.07) is 7.75. The maximum absolute atomic E-state index is 12.3. The van der Waals surface area contributed by atoms with Gasteiger partial charge in [0.05, 0.1) is 12.1 Å². The zero-order chi connectivity index (χ0) is 17.8. The lowest BCUT2D eigenvalue weighted by Crippen LogP contribution is -2.15. The van der Waals surface area contributed by atoms with Gasteiger partial charge in [-0.3, -0.25) is 9.59 Å². The second kappa shape index (κ2) is 7.52. The Labute approximate surface area is 148 Å². The normalized spacial score (nSPS) is 11.0. The summed E-state index contributed by atoms with van der Waals surface area (Å²) in [5.41, 5.74) is 2.48. The molecule has 7 nitrogen and oxygen atoms in total. The fourth-order valence-corrected chi connectivity index (χ4v) is 3.45. The zero-order valence-corrected chi connectivity index (χ0v) is 14.9. The number of aryl methyl sites for hydroxylation is 2. The number of carbonyl (C=O) groups is 1. The number of para-hydroxylation sites is 1. The monoisotopic (exact) mass is 357 g/mol. The number of thioether (sulfide) groups is 1. The van der Waals surface area contributed by atoms with Crippen LogP contribution in [0, 0.1) is 0 Å². The Balaban J connectivity index is 1.75. The molecule has 0 bridgehead atoms. The first-order valence-electron chi connectivity index (χ1n) is 8.08. The van der Waals surface area contributed by atoms with Crippen molar-refractivity contribution in [3.8, 4) is 0 Å². The van der Waals surface area contributed by atoms with Gasteiger partial charge in [-0.25, -0.2) is 9.97 Å². The summed E-state index contributed by atoms with van der Waals surface area (Å²) in [7, 11) is 0. The highest BCUT2D eigenvalue weighted by Crippen LogP contribution is 2.22. The minimum absolute atomic E-state index is 0.109. The lowest BCUT2D eigenvalue weighted by atomic mass is 10.1. The van der Waals surface area contributed by atoms with Crippen molar-refractivity contribution in [2.45, 2.75) is 32.0 Å². The fourth-order valence-electron chi connectivity index (χ4n) is 2.59. The van der Waals surface area contributed by atoms with Gasteiger partial charge in [-0.2, -0.15) is 0 Å². The molecule has 2 aromatic heterocycles. The SMILES string of the molecule is CCc1ccccc1NC(=O)CSc1nc2c(=O)[nH]cnc2n1CC. The van der Waals surface area contributed by atoms with Gasteiger partial charge in [-0.05, 0) is 25.0 Å². The van der Waals surface area contributed by atoms with Crippen molar-refractivity contribution in [1.29, 1.82) is 0 Å². The molecule has 1 amide bonds. The molecule has 0 fully saturated rings. The molecule has 0 spiro atoms. The summed E-state index contributed by atoms with van der Waals surface area (Å²) in [6.45, 7) is 4.62. The van der Waals surface area contributed by atoms with Crippen molar-refractivity contribution in [1.82, 2.24) is 19.5 Å². The Kier molecular flexibility index (Phi) is 5.18. The summed E-state index contributed by atoms with van der Waals surface area (Å²) in [5.74, 6) is 0.0988. The fraction of sp³-hybridized carbons (Fsp3) is 0.294. The number of fused-ring (bicyclic) bond motifs is 1. The Hall–Kier alpha value is -2.61. The second-order valence-corrected chi connectivity index (χ2v) is 6.33. The van der Waals surface area contributed by atoms with Crippen LogP contribution in [0.3, 0.4) is 0 Å². The topological polar surface area (TPSA) is 92.7 Å². The van der Waals surface area contributed by atoms with Gasteiger partial charge in [0.25, 0.3) is 5.56 Å². The van der Waals surface area contributed by atoms with Gasteiger partial charge >= 0.3 is 0 Å². The van der Waals surface area contributed by atoms with Crippen molar-refractivity contribution < 1.29 is 4.79 Å². The Morgan fingerprint density at radius 2 is 2.12 bits per heavy atom. The highest BCUT2D eigenvalue weighted by Gasteiger charge is 2.15. The van der Waals surface area contributed by atoms with Crippen molar-refractivity contribution >= 4 is 34.5 Å². The number of aromatic amines is 1. The Morgan fingerprint density at radius 1 is 1.32 bits per heavy atom. The number of nitrogens with one attached hydrogen (secondary N) is 2. The van der Waals surface area contributed by atoms with Gasteiger partial charge in [0.1, 0.15) is 0 Å². The summed E-state index contributed by atoms with van der Waals surface area (Å²) in [5, 5.41) is 3.55. The maximum atomic E-state index is 12.3. The van der Waals surface area contributed by atoms with E-state index in [1.54, 1.807) is 0 Å². The molecule has 8 heteroatoms. The quantitative estimate of drug-likeness (QED) is 0.661. The van der Waals surface area contributed by atoms with E-state index in [1.165, 1.54) is 18.1 Å². The van der Waals surface area contributed by atoms with Crippen molar-refractivity contribution in [3.63, 3.8) is 0 Å². The molecule has 0 aliphatic heterocycles. The van der Waals surface area contributed by atoms with E-state index in [0.29, 0.717) is 22.9 Å². The van der Waals surface area contributed by atoms with Gasteiger partial charge < -0.3 is 14.9 Å². The third kappa shape index (κ3) is 3.58. The van der Waals surface area contributed by atoms with E-state index >= 15 is 0 Å². The Morgan fingerprint density at radius 3 is 2.88 bits per heavy atom. The predicted octanol–water partition coefficient (Wildman–Crippen LogP) is 2.43. The van der Waals surface area contributed by atoms with Crippen LogP contribution in [0.4, 0.5) is 5.69 Å². The third-order valence-electron chi connectivity index (χ3n) is 3.82. The van der Waals surface area contributed by atoms with Gasteiger partial charge in [-0.15, -0.1) is 0 Å². The Bertz CT molecular complexity index is 963. The van der Waals surface area contributed by atoms with Crippen LogP contribution in [-0.2, 0) is 17.8 Å². The number of nitrogens with zero attached hydrogens (tertiary/aromatic N) is 3. The van der Waals surface area contributed by atoms with Crippen molar-refractivity contribution in [2.75, 3.05) is 11.1 Å². The van der Waals surface area contributed by atoms with Crippen LogP contribution in [0.1, 0.15) is 19.4 Å². The van der Waals surface area contributed by atoms with Crippen LogP contribution >= 0.6 is 11.8 Å². The molecule has 2 heterocycles. The number of H-pyrrole nitrogens is 1. The first kappa shape index (κ1) is 17.2. The van der Waals surface area contributed by atoms with E-state index in [1.807, 2.05) is 42.7 Å². The van der Waals surface area contributed by atoms with E-state index in [4.69, 9.17) is 0 Å². The highest BCUT2D eigenvalue weighted by atomic mass is 32.2. The molecule has 0 unspecified atom stereocenters. The molecule has 130 valence electrons. The van der Waals surface area contributed by atoms with Crippen molar-refractivity contribution in [3.05, 3.63) is 46.5 Å². The van der Waals surface area contributed by atoms with Crippen molar-refractivity contribution in [2.24, 2.45) is 0 Å². The van der Waals surface area contributed by atoms with E-state index < -0.39 is 0 Å². The number of imidazole rings is 1. The van der Waals surface area contributed by atoms with Crippen LogP contribution in [0.25, 0.3) is 11.2 Å². The zero-order valence-electron chi connectivity index (χ0n) is 14.1. The van der Waals surface area contributed by atoms with Crippen LogP contribution in [0.2, 0.25) is 0 Å². The van der Waals surface area contributed by atoms with Gasteiger partial charge in [0.2, 0.25) is 5.91 Å². The summed E-state index contributed by atoms with van der Waals surface area (Å²) in [6.07, 6.45) is 2.21. The third-order valence-corrected chi connectivity index (χ3v) is 4.80. The summed E-state index contributed by atoms with van der Waals surface area (Å²) in [4.78, 5) is 35.2. The molecule has 1 aromatic carbocycles. The second-order valence-electron chi connectivity index (χ2n) is 5.39. The molecule has 0 saturated heterocycles.